The Morgan fingerprint density at radius 1 is 1.44 bits per heavy atom. The van der Waals surface area contributed by atoms with E-state index in [1.165, 1.54) is 6.42 Å². The van der Waals surface area contributed by atoms with Crippen molar-refractivity contribution >= 4 is 5.78 Å². The van der Waals surface area contributed by atoms with Crippen molar-refractivity contribution in [3.05, 3.63) is 0 Å². The van der Waals surface area contributed by atoms with Gasteiger partial charge in [0.1, 0.15) is 5.78 Å². The third kappa shape index (κ3) is 1.92. The van der Waals surface area contributed by atoms with Crippen LogP contribution in [0.2, 0.25) is 0 Å². The van der Waals surface area contributed by atoms with E-state index in [1.807, 2.05) is 0 Å². The highest BCUT2D eigenvalue weighted by molar-refractivity contribution is 5.82. The second-order valence-corrected chi connectivity index (χ2v) is 6.10. The van der Waals surface area contributed by atoms with E-state index in [2.05, 4.69) is 27.7 Å². The van der Waals surface area contributed by atoms with E-state index in [4.69, 9.17) is 4.74 Å². The molecule has 2 heteroatoms. The Kier molecular flexibility index (Phi) is 3.13. The van der Waals surface area contributed by atoms with Gasteiger partial charge in [0.25, 0.3) is 0 Å². The molecule has 2 fully saturated rings. The molecule has 0 amide bonds. The standard InChI is InChI=1S/C14H24O2/c1-5-6-13-11-7-10(14(3,4)16-13)8-12(15)9(11)2/h9-11,13H,5-8H2,1-4H3/t9-,10+,11-,13-/m0/s1. The summed E-state index contributed by atoms with van der Waals surface area (Å²) in [6.45, 7) is 8.59. The summed E-state index contributed by atoms with van der Waals surface area (Å²) in [6, 6.07) is 0. The van der Waals surface area contributed by atoms with Gasteiger partial charge in [0.05, 0.1) is 11.7 Å². The molecule has 0 aromatic heterocycles. The van der Waals surface area contributed by atoms with Gasteiger partial charge in [-0.1, -0.05) is 20.3 Å². The Labute approximate surface area is 98.7 Å². The number of ketones is 1. The summed E-state index contributed by atoms with van der Waals surface area (Å²) < 4.78 is 6.25. The second kappa shape index (κ2) is 4.14. The van der Waals surface area contributed by atoms with Gasteiger partial charge in [-0.15, -0.1) is 0 Å². The number of ether oxygens (including phenoxy) is 1. The van der Waals surface area contributed by atoms with Crippen molar-refractivity contribution in [2.75, 3.05) is 0 Å². The maximum atomic E-state index is 12.0. The van der Waals surface area contributed by atoms with Crippen LogP contribution in [-0.2, 0) is 9.53 Å². The largest absolute Gasteiger partial charge is 0.372 e. The Morgan fingerprint density at radius 2 is 2.12 bits per heavy atom. The molecule has 0 aromatic rings. The molecule has 1 heterocycles. The van der Waals surface area contributed by atoms with Crippen molar-refractivity contribution in [3.8, 4) is 0 Å². The van der Waals surface area contributed by atoms with Gasteiger partial charge in [-0.3, -0.25) is 4.79 Å². The lowest BCUT2D eigenvalue weighted by Gasteiger charge is -2.51. The zero-order valence-corrected chi connectivity index (χ0v) is 11.0. The highest BCUT2D eigenvalue weighted by Crippen LogP contribution is 2.47. The fraction of sp³-hybridized carbons (Fsp3) is 0.929. The average Bonchev–Trinajstić information content (AvgIpc) is 2.19. The minimum absolute atomic E-state index is 0.105. The monoisotopic (exact) mass is 224 g/mol. The molecular formula is C14H24O2. The Balaban J connectivity index is 2.21. The SMILES string of the molecule is CCC[C@@H]1OC(C)(C)[C@H]2CC(=O)[C@@H](C)[C@@H]1C2. The van der Waals surface area contributed by atoms with E-state index in [1.54, 1.807) is 0 Å². The molecule has 16 heavy (non-hydrogen) atoms. The van der Waals surface area contributed by atoms with Crippen LogP contribution in [0.4, 0.5) is 0 Å². The predicted molar refractivity (Wildman–Crippen MR) is 64.2 cm³/mol. The third-order valence-electron chi connectivity index (χ3n) is 4.64. The summed E-state index contributed by atoms with van der Waals surface area (Å²) in [5.74, 6) is 1.58. The molecule has 2 bridgehead atoms. The highest BCUT2D eigenvalue weighted by atomic mass is 16.5. The lowest BCUT2D eigenvalue weighted by atomic mass is 9.64. The number of rotatable bonds is 2. The zero-order valence-electron chi connectivity index (χ0n) is 11.0. The molecule has 1 saturated carbocycles. The normalized spacial score (nSPS) is 42.1. The van der Waals surface area contributed by atoms with E-state index < -0.39 is 0 Å². The molecule has 2 nitrogen and oxygen atoms in total. The van der Waals surface area contributed by atoms with Crippen LogP contribution in [0.3, 0.4) is 0 Å². The molecule has 0 spiro atoms. The number of carbonyl (C=O) groups excluding carboxylic acids is 1. The molecule has 2 rings (SSSR count). The van der Waals surface area contributed by atoms with Crippen molar-refractivity contribution in [2.24, 2.45) is 17.8 Å². The molecule has 1 saturated heterocycles. The van der Waals surface area contributed by atoms with Gasteiger partial charge in [-0.2, -0.15) is 0 Å². The fourth-order valence-corrected chi connectivity index (χ4v) is 3.42. The molecule has 0 unspecified atom stereocenters. The van der Waals surface area contributed by atoms with E-state index in [9.17, 15) is 4.79 Å². The van der Waals surface area contributed by atoms with Crippen LogP contribution in [0.1, 0.15) is 53.4 Å². The summed E-state index contributed by atoms with van der Waals surface area (Å²) >= 11 is 0. The van der Waals surface area contributed by atoms with Gasteiger partial charge in [0.15, 0.2) is 0 Å². The first-order chi connectivity index (χ1) is 7.45. The van der Waals surface area contributed by atoms with Crippen molar-refractivity contribution in [1.82, 2.24) is 0 Å². The summed E-state index contributed by atoms with van der Waals surface area (Å²) in [4.78, 5) is 12.0. The van der Waals surface area contributed by atoms with Crippen LogP contribution in [0, 0.1) is 17.8 Å². The number of hydrogen-bond acceptors (Lipinski definition) is 2. The van der Waals surface area contributed by atoms with Crippen LogP contribution >= 0.6 is 0 Å². The maximum Gasteiger partial charge on any atom is 0.136 e. The summed E-state index contributed by atoms with van der Waals surface area (Å²) in [6.07, 6.45) is 4.45. The van der Waals surface area contributed by atoms with Crippen LogP contribution in [0.15, 0.2) is 0 Å². The Hall–Kier alpha value is -0.370. The number of fused-ring (bicyclic) bond motifs is 2. The summed E-state index contributed by atoms with van der Waals surface area (Å²) in [5.41, 5.74) is -0.105. The third-order valence-corrected chi connectivity index (χ3v) is 4.64. The number of Topliss-reactive ketones (excluding diaryl/α,β-unsaturated/α-hetero) is 1. The molecule has 0 aromatic carbocycles. The zero-order chi connectivity index (χ0) is 11.9. The minimum Gasteiger partial charge on any atom is -0.372 e. The average molecular weight is 224 g/mol. The first kappa shape index (κ1) is 12.1. The molecule has 2 aliphatic rings. The van der Waals surface area contributed by atoms with Crippen LogP contribution in [-0.4, -0.2) is 17.5 Å². The first-order valence-corrected chi connectivity index (χ1v) is 6.66. The molecule has 0 N–H and O–H groups in total. The fourth-order valence-electron chi connectivity index (χ4n) is 3.42. The lowest BCUT2D eigenvalue weighted by Crippen LogP contribution is -2.54. The van der Waals surface area contributed by atoms with Gasteiger partial charge in [0.2, 0.25) is 0 Å². The molecule has 1 aliphatic carbocycles. The predicted octanol–water partition coefficient (Wildman–Crippen LogP) is 3.20. The van der Waals surface area contributed by atoms with Gasteiger partial charge < -0.3 is 4.74 Å². The van der Waals surface area contributed by atoms with E-state index in [0.717, 1.165) is 19.3 Å². The van der Waals surface area contributed by atoms with Crippen molar-refractivity contribution < 1.29 is 9.53 Å². The van der Waals surface area contributed by atoms with Crippen LogP contribution in [0.5, 0.6) is 0 Å². The first-order valence-electron chi connectivity index (χ1n) is 6.66. The van der Waals surface area contributed by atoms with Crippen molar-refractivity contribution in [1.29, 1.82) is 0 Å². The van der Waals surface area contributed by atoms with Crippen molar-refractivity contribution in [3.63, 3.8) is 0 Å². The number of carbonyl (C=O) groups is 1. The minimum atomic E-state index is -0.105. The van der Waals surface area contributed by atoms with E-state index in [0.29, 0.717) is 23.7 Å². The van der Waals surface area contributed by atoms with Crippen LogP contribution in [0.25, 0.3) is 0 Å². The molecule has 4 atom stereocenters. The van der Waals surface area contributed by atoms with Gasteiger partial charge >= 0.3 is 0 Å². The van der Waals surface area contributed by atoms with E-state index >= 15 is 0 Å². The molecule has 1 aliphatic heterocycles. The lowest BCUT2D eigenvalue weighted by molar-refractivity contribution is -0.196. The van der Waals surface area contributed by atoms with Crippen molar-refractivity contribution in [2.45, 2.75) is 65.1 Å². The highest BCUT2D eigenvalue weighted by Gasteiger charge is 2.49. The number of hydrogen-bond donors (Lipinski definition) is 0. The molecule has 92 valence electrons. The second-order valence-electron chi connectivity index (χ2n) is 6.10. The summed E-state index contributed by atoms with van der Waals surface area (Å²) in [5, 5.41) is 0. The quantitative estimate of drug-likeness (QED) is 0.720. The topological polar surface area (TPSA) is 26.3 Å². The van der Waals surface area contributed by atoms with Gasteiger partial charge in [-0.05, 0) is 38.5 Å². The molecule has 0 radical (unpaired) electrons. The smallest absolute Gasteiger partial charge is 0.136 e. The Bertz CT molecular complexity index is 282. The Morgan fingerprint density at radius 3 is 2.75 bits per heavy atom. The van der Waals surface area contributed by atoms with Gasteiger partial charge in [-0.25, -0.2) is 0 Å². The van der Waals surface area contributed by atoms with Gasteiger partial charge in [0, 0.05) is 12.3 Å². The summed E-state index contributed by atoms with van der Waals surface area (Å²) in [7, 11) is 0. The maximum absolute atomic E-state index is 12.0. The van der Waals surface area contributed by atoms with E-state index in [-0.39, 0.29) is 11.5 Å². The van der Waals surface area contributed by atoms with Crippen LogP contribution < -0.4 is 0 Å². The molecular weight excluding hydrogens is 200 g/mol.